The van der Waals surface area contributed by atoms with Crippen LogP contribution in [0.3, 0.4) is 0 Å². The lowest BCUT2D eigenvalue weighted by atomic mass is 10.00. The average molecular weight is 248 g/mol. The maximum Gasteiger partial charge on any atom is -0.00947 e. The van der Waals surface area contributed by atoms with Gasteiger partial charge in [0.15, 0.2) is 0 Å². The first-order chi connectivity index (χ1) is 8.69. The molecule has 0 aliphatic carbocycles. The molecule has 0 aromatic heterocycles. The highest BCUT2D eigenvalue weighted by atomic mass is 14.0. The van der Waals surface area contributed by atoms with Crippen molar-refractivity contribution in [2.45, 2.75) is 67.7 Å². The lowest BCUT2D eigenvalue weighted by molar-refractivity contribution is 1.07. The van der Waals surface area contributed by atoms with Crippen molar-refractivity contribution in [1.29, 1.82) is 0 Å². The number of aryl methyl sites for hydroxylation is 2. The van der Waals surface area contributed by atoms with Crippen molar-refractivity contribution >= 4 is 0 Å². The standard InChI is InChI=1S/C13H18.C3H8.C2H6/c1-4-6-7-13-10-11(3)8-9-12(13)5-2;1-3-2;1-2/h4,6,8-10H,5,7H2,1-3H3;3H2,1-2H3;1-2H3/b6-4+;;. The Morgan fingerprint density at radius 1 is 1.00 bits per heavy atom. The summed E-state index contributed by atoms with van der Waals surface area (Å²) in [5, 5.41) is 0. The summed E-state index contributed by atoms with van der Waals surface area (Å²) in [6.07, 6.45) is 7.78. The first-order valence-corrected chi connectivity index (χ1v) is 7.39. The molecule has 0 nitrogen and oxygen atoms in total. The van der Waals surface area contributed by atoms with Crippen LogP contribution in [0.5, 0.6) is 0 Å². The first kappa shape index (κ1) is 19.3. The molecule has 0 amide bonds. The van der Waals surface area contributed by atoms with Gasteiger partial charge in [-0.25, -0.2) is 0 Å². The van der Waals surface area contributed by atoms with Crippen molar-refractivity contribution in [2.24, 2.45) is 0 Å². The molecule has 0 aliphatic heterocycles. The van der Waals surface area contributed by atoms with Gasteiger partial charge >= 0.3 is 0 Å². The molecule has 0 unspecified atom stereocenters. The molecular weight excluding hydrogens is 216 g/mol. The van der Waals surface area contributed by atoms with Crippen LogP contribution in [-0.2, 0) is 12.8 Å². The highest BCUT2D eigenvalue weighted by molar-refractivity contribution is 5.32. The predicted octanol–water partition coefficient (Wildman–Crippen LogP) is 6.12. The Morgan fingerprint density at radius 3 is 2.00 bits per heavy atom. The monoisotopic (exact) mass is 248 g/mol. The molecule has 0 radical (unpaired) electrons. The lowest BCUT2D eigenvalue weighted by Crippen LogP contribution is -1.91. The predicted molar refractivity (Wildman–Crippen MR) is 86.4 cm³/mol. The molecule has 104 valence electrons. The fourth-order valence-corrected chi connectivity index (χ4v) is 1.53. The SMILES string of the molecule is C/C=C/Cc1cc(C)ccc1CC.CC.CCC. The molecule has 1 rings (SSSR count). The molecule has 0 bridgehead atoms. The summed E-state index contributed by atoms with van der Waals surface area (Å²) < 4.78 is 0. The minimum Gasteiger partial charge on any atom is -0.0913 e. The van der Waals surface area contributed by atoms with Crippen LogP contribution in [0.15, 0.2) is 30.4 Å². The molecule has 0 atom stereocenters. The van der Waals surface area contributed by atoms with Gasteiger partial charge in [0.2, 0.25) is 0 Å². The van der Waals surface area contributed by atoms with Crippen LogP contribution < -0.4 is 0 Å². The third-order valence-electron chi connectivity index (χ3n) is 2.32. The summed E-state index contributed by atoms with van der Waals surface area (Å²) in [6.45, 7) is 14.7. The molecule has 0 heterocycles. The number of hydrogen-bond acceptors (Lipinski definition) is 0. The molecular formula is C18H32. The van der Waals surface area contributed by atoms with Crippen LogP contribution in [0.4, 0.5) is 0 Å². The van der Waals surface area contributed by atoms with E-state index in [9.17, 15) is 0 Å². The summed E-state index contributed by atoms with van der Waals surface area (Å²) in [6, 6.07) is 6.73. The Kier molecular flexibility index (Phi) is 15.0. The van der Waals surface area contributed by atoms with Crippen molar-refractivity contribution in [1.82, 2.24) is 0 Å². The van der Waals surface area contributed by atoms with E-state index in [1.54, 1.807) is 0 Å². The zero-order valence-electron chi connectivity index (χ0n) is 13.5. The Balaban J connectivity index is 0. The molecule has 0 saturated carbocycles. The van der Waals surface area contributed by atoms with E-state index in [-0.39, 0.29) is 0 Å². The van der Waals surface area contributed by atoms with Gasteiger partial charge in [0.05, 0.1) is 0 Å². The zero-order valence-corrected chi connectivity index (χ0v) is 13.5. The van der Waals surface area contributed by atoms with Gasteiger partial charge < -0.3 is 0 Å². The smallest absolute Gasteiger partial charge is 0.00947 e. The number of benzene rings is 1. The van der Waals surface area contributed by atoms with E-state index in [4.69, 9.17) is 0 Å². The van der Waals surface area contributed by atoms with Crippen molar-refractivity contribution in [2.75, 3.05) is 0 Å². The second-order valence-corrected chi connectivity index (χ2v) is 4.11. The Bertz CT molecular complexity index is 308. The van der Waals surface area contributed by atoms with Crippen molar-refractivity contribution in [3.63, 3.8) is 0 Å². The molecule has 0 aliphatic rings. The quantitative estimate of drug-likeness (QED) is 0.565. The van der Waals surface area contributed by atoms with Gasteiger partial charge in [-0.3, -0.25) is 0 Å². The van der Waals surface area contributed by atoms with Crippen molar-refractivity contribution < 1.29 is 0 Å². The van der Waals surface area contributed by atoms with Crippen LogP contribution in [0.1, 0.15) is 64.7 Å². The van der Waals surface area contributed by atoms with Crippen LogP contribution in [0, 0.1) is 6.92 Å². The molecule has 0 saturated heterocycles. The highest BCUT2D eigenvalue weighted by Crippen LogP contribution is 2.13. The van der Waals surface area contributed by atoms with E-state index in [0.29, 0.717) is 0 Å². The summed E-state index contributed by atoms with van der Waals surface area (Å²) in [4.78, 5) is 0. The van der Waals surface area contributed by atoms with Crippen molar-refractivity contribution in [3.8, 4) is 0 Å². The van der Waals surface area contributed by atoms with Crippen LogP contribution in [0.2, 0.25) is 0 Å². The Hall–Kier alpha value is -1.04. The van der Waals surface area contributed by atoms with E-state index in [2.05, 4.69) is 65.0 Å². The zero-order chi connectivity index (χ0) is 14.4. The molecule has 18 heavy (non-hydrogen) atoms. The highest BCUT2D eigenvalue weighted by Gasteiger charge is 1.98. The summed E-state index contributed by atoms with van der Waals surface area (Å²) >= 11 is 0. The van der Waals surface area contributed by atoms with E-state index in [1.807, 2.05) is 13.8 Å². The Morgan fingerprint density at radius 2 is 1.56 bits per heavy atom. The molecule has 0 fully saturated rings. The Labute approximate surface area is 115 Å². The van der Waals surface area contributed by atoms with Crippen LogP contribution >= 0.6 is 0 Å². The average Bonchev–Trinajstić information content (AvgIpc) is 2.40. The summed E-state index contributed by atoms with van der Waals surface area (Å²) in [5.74, 6) is 0. The van der Waals surface area contributed by atoms with E-state index in [1.165, 1.54) is 23.1 Å². The van der Waals surface area contributed by atoms with Gasteiger partial charge in [0.25, 0.3) is 0 Å². The minimum atomic E-state index is 1.07. The third-order valence-corrected chi connectivity index (χ3v) is 2.32. The van der Waals surface area contributed by atoms with Gasteiger partial charge in [-0.1, -0.05) is 77.0 Å². The first-order valence-electron chi connectivity index (χ1n) is 7.39. The fraction of sp³-hybridized carbons (Fsp3) is 0.556. The van der Waals surface area contributed by atoms with Gasteiger partial charge in [-0.05, 0) is 37.8 Å². The van der Waals surface area contributed by atoms with Crippen molar-refractivity contribution in [3.05, 3.63) is 47.0 Å². The molecule has 0 heteroatoms. The molecule has 1 aromatic rings. The minimum absolute atomic E-state index is 1.07. The number of allylic oxidation sites excluding steroid dienone is 2. The molecule has 0 spiro atoms. The second-order valence-electron chi connectivity index (χ2n) is 4.11. The topological polar surface area (TPSA) is 0 Å². The van der Waals surface area contributed by atoms with Crippen LogP contribution in [-0.4, -0.2) is 0 Å². The van der Waals surface area contributed by atoms with Gasteiger partial charge in [0, 0.05) is 0 Å². The summed E-state index contributed by atoms with van der Waals surface area (Å²) in [5.41, 5.74) is 4.31. The molecule has 0 N–H and O–H groups in total. The lowest BCUT2D eigenvalue weighted by Gasteiger charge is -2.06. The maximum absolute atomic E-state index is 2.29. The number of rotatable bonds is 3. The van der Waals surface area contributed by atoms with E-state index >= 15 is 0 Å². The third kappa shape index (κ3) is 9.04. The second kappa shape index (κ2) is 14.0. The van der Waals surface area contributed by atoms with Gasteiger partial charge in [0.1, 0.15) is 0 Å². The largest absolute Gasteiger partial charge is 0.0913 e. The van der Waals surface area contributed by atoms with Gasteiger partial charge in [-0.15, -0.1) is 0 Å². The molecule has 1 aromatic carbocycles. The fourth-order valence-electron chi connectivity index (χ4n) is 1.53. The van der Waals surface area contributed by atoms with Crippen LogP contribution in [0.25, 0.3) is 0 Å². The normalized spacial score (nSPS) is 9.28. The van der Waals surface area contributed by atoms with E-state index in [0.717, 1.165) is 12.8 Å². The summed E-state index contributed by atoms with van der Waals surface area (Å²) in [7, 11) is 0. The van der Waals surface area contributed by atoms with Gasteiger partial charge in [-0.2, -0.15) is 0 Å². The van der Waals surface area contributed by atoms with E-state index < -0.39 is 0 Å². The number of hydrogen-bond donors (Lipinski definition) is 0. The maximum atomic E-state index is 2.29.